The third-order valence-electron chi connectivity index (χ3n) is 3.38. The standard InChI is InChI=1S/C12H26N2S/c1-3-14-9-6-7-12(14)11-13(2)8-4-5-10-15/h12,15H,3-11H2,1-2H3. The Morgan fingerprint density at radius 1 is 1.40 bits per heavy atom. The molecule has 1 heterocycles. The normalized spacial score (nSPS) is 22.8. The van der Waals surface area contributed by atoms with Gasteiger partial charge in [-0.1, -0.05) is 6.92 Å². The molecule has 3 heteroatoms. The van der Waals surface area contributed by atoms with E-state index in [0.717, 1.165) is 11.8 Å². The topological polar surface area (TPSA) is 6.48 Å². The summed E-state index contributed by atoms with van der Waals surface area (Å²) in [5.41, 5.74) is 0. The smallest absolute Gasteiger partial charge is 0.0223 e. The molecule has 0 spiro atoms. The first-order valence-corrected chi connectivity index (χ1v) is 6.94. The van der Waals surface area contributed by atoms with Crippen molar-refractivity contribution in [1.82, 2.24) is 9.80 Å². The van der Waals surface area contributed by atoms with Crippen molar-refractivity contribution in [3.63, 3.8) is 0 Å². The largest absolute Gasteiger partial charge is 0.305 e. The van der Waals surface area contributed by atoms with Gasteiger partial charge in [0.05, 0.1) is 0 Å². The van der Waals surface area contributed by atoms with E-state index in [-0.39, 0.29) is 0 Å². The van der Waals surface area contributed by atoms with Crippen molar-refractivity contribution in [2.45, 2.75) is 38.6 Å². The van der Waals surface area contributed by atoms with Crippen molar-refractivity contribution in [3.05, 3.63) is 0 Å². The summed E-state index contributed by atoms with van der Waals surface area (Å²) in [7, 11) is 2.25. The first kappa shape index (κ1) is 13.3. The molecule has 0 radical (unpaired) electrons. The number of hydrogen-bond donors (Lipinski definition) is 1. The van der Waals surface area contributed by atoms with Crippen LogP contribution in [0.4, 0.5) is 0 Å². The zero-order valence-electron chi connectivity index (χ0n) is 10.3. The molecule has 0 aromatic heterocycles. The number of nitrogens with zero attached hydrogens (tertiary/aromatic N) is 2. The second kappa shape index (κ2) is 7.53. The fourth-order valence-electron chi connectivity index (χ4n) is 2.46. The molecular weight excluding hydrogens is 204 g/mol. The van der Waals surface area contributed by atoms with Gasteiger partial charge >= 0.3 is 0 Å². The fourth-order valence-corrected chi connectivity index (χ4v) is 2.69. The molecular formula is C12H26N2S. The van der Waals surface area contributed by atoms with Crippen LogP contribution in [0.5, 0.6) is 0 Å². The highest BCUT2D eigenvalue weighted by atomic mass is 32.1. The zero-order valence-corrected chi connectivity index (χ0v) is 11.2. The van der Waals surface area contributed by atoms with Gasteiger partial charge in [0, 0.05) is 12.6 Å². The number of hydrogen-bond acceptors (Lipinski definition) is 3. The zero-order chi connectivity index (χ0) is 11.1. The molecule has 1 aliphatic rings. The second-order valence-corrected chi connectivity index (χ2v) is 5.06. The summed E-state index contributed by atoms with van der Waals surface area (Å²) in [6.07, 6.45) is 5.32. The summed E-state index contributed by atoms with van der Waals surface area (Å²) in [6, 6.07) is 0.816. The van der Waals surface area contributed by atoms with E-state index >= 15 is 0 Å². The molecule has 1 atom stereocenters. The Kier molecular flexibility index (Phi) is 6.69. The molecule has 0 aromatic rings. The van der Waals surface area contributed by atoms with E-state index in [4.69, 9.17) is 0 Å². The minimum Gasteiger partial charge on any atom is -0.305 e. The average Bonchev–Trinajstić information content (AvgIpc) is 2.65. The van der Waals surface area contributed by atoms with Gasteiger partial charge in [0.15, 0.2) is 0 Å². The predicted octanol–water partition coefficient (Wildman–Crippen LogP) is 2.11. The Bertz CT molecular complexity index is 164. The number of rotatable bonds is 7. The predicted molar refractivity (Wildman–Crippen MR) is 70.9 cm³/mol. The Morgan fingerprint density at radius 3 is 2.87 bits per heavy atom. The lowest BCUT2D eigenvalue weighted by Gasteiger charge is -2.27. The molecule has 1 fully saturated rings. The van der Waals surface area contributed by atoms with Gasteiger partial charge in [-0.2, -0.15) is 12.6 Å². The van der Waals surface area contributed by atoms with Gasteiger partial charge in [-0.05, 0) is 58.1 Å². The van der Waals surface area contributed by atoms with Crippen LogP contribution >= 0.6 is 12.6 Å². The molecule has 0 bridgehead atoms. The Hall–Kier alpha value is 0.270. The highest BCUT2D eigenvalue weighted by Crippen LogP contribution is 2.17. The van der Waals surface area contributed by atoms with Crippen LogP contribution in [-0.2, 0) is 0 Å². The van der Waals surface area contributed by atoms with Crippen LogP contribution in [0, 0.1) is 0 Å². The van der Waals surface area contributed by atoms with Gasteiger partial charge in [-0.25, -0.2) is 0 Å². The maximum Gasteiger partial charge on any atom is 0.0223 e. The SMILES string of the molecule is CCN1CCCC1CN(C)CCCCS. The Balaban J connectivity index is 2.15. The summed E-state index contributed by atoms with van der Waals surface area (Å²) in [4.78, 5) is 5.11. The van der Waals surface area contributed by atoms with Crippen LogP contribution in [0.25, 0.3) is 0 Å². The van der Waals surface area contributed by atoms with Crippen LogP contribution in [0.3, 0.4) is 0 Å². The molecule has 90 valence electrons. The van der Waals surface area contributed by atoms with Gasteiger partial charge in [-0.3, -0.25) is 4.90 Å². The third kappa shape index (κ3) is 4.75. The summed E-state index contributed by atoms with van der Waals surface area (Å²) < 4.78 is 0. The Morgan fingerprint density at radius 2 is 2.20 bits per heavy atom. The molecule has 0 N–H and O–H groups in total. The van der Waals surface area contributed by atoms with E-state index in [1.807, 2.05) is 0 Å². The van der Waals surface area contributed by atoms with Gasteiger partial charge in [0.25, 0.3) is 0 Å². The minimum absolute atomic E-state index is 0.816. The van der Waals surface area contributed by atoms with E-state index in [0.29, 0.717) is 0 Å². The van der Waals surface area contributed by atoms with Crippen molar-refractivity contribution in [3.8, 4) is 0 Å². The van der Waals surface area contributed by atoms with Crippen LogP contribution in [0.2, 0.25) is 0 Å². The van der Waals surface area contributed by atoms with Crippen LogP contribution in [-0.4, -0.2) is 54.8 Å². The van der Waals surface area contributed by atoms with Crippen molar-refractivity contribution in [2.24, 2.45) is 0 Å². The molecule has 0 aromatic carbocycles. The van der Waals surface area contributed by atoms with E-state index in [9.17, 15) is 0 Å². The van der Waals surface area contributed by atoms with Crippen molar-refractivity contribution in [2.75, 3.05) is 39.0 Å². The van der Waals surface area contributed by atoms with Gasteiger partial charge < -0.3 is 4.90 Å². The highest BCUT2D eigenvalue weighted by molar-refractivity contribution is 7.80. The van der Waals surface area contributed by atoms with Crippen LogP contribution in [0.1, 0.15) is 32.6 Å². The number of likely N-dealkylation sites (tertiary alicyclic amines) is 1. The highest BCUT2D eigenvalue weighted by Gasteiger charge is 2.23. The number of thiol groups is 1. The first-order chi connectivity index (χ1) is 7.27. The quantitative estimate of drug-likeness (QED) is 0.529. The minimum atomic E-state index is 0.816. The van der Waals surface area contributed by atoms with Crippen molar-refractivity contribution < 1.29 is 0 Å². The molecule has 1 unspecified atom stereocenters. The van der Waals surface area contributed by atoms with Crippen molar-refractivity contribution >= 4 is 12.6 Å². The van der Waals surface area contributed by atoms with Gasteiger partial charge in [0.2, 0.25) is 0 Å². The number of unbranched alkanes of at least 4 members (excludes halogenated alkanes) is 1. The van der Waals surface area contributed by atoms with E-state index in [2.05, 4.69) is 36.4 Å². The lowest BCUT2D eigenvalue weighted by atomic mass is 10.2. The lowest BCUT2D eigenvalue weighted by molar-refractivity contribution is 0.197. The van der Waals surface area contributed by atoms with E-state index < -0.39 is 0 Å². The summed E-state index contributed by atoms with van der Waals surface area (Å²) in [5, 5.41) is 0. The van der Waals surface area contributed by atoms with Crippen molar-refractivity contribution in [1.29, 1.82) is 0 Å². The molecule has 1 aliphatic heterocycles. The lowest BCUT2D eigenvalue weighted by Crippen LogP contribution is -2.39. The maximum atomic E-state index is 4.24. The molecule has 1 saturated heterocycles. The number of likely N-dealkylation sites (N-methyl/N-ethyl adjacent to an activating group) is 2. The third-order valence-corrected chi connectivity index (χ3v) is 3.69. The van der Waals surface area contributed by atoms with Crippen LogP contribution < -0.4 is 0 Å². The molecule has 15 heavy (non-hydrogen) atoms. The molecule has 1 rings (SSSR count). The Labute approximate surface area is 100 Å². The summed E-state index contributed by atoms with van der Waals surface area (Å²) in [6.45, 7) is 7.29. The first-order valence-electron chi connectivity index (χ1n) is 6.31. The molecule has 0 aliphatic carbocycles. The molecule has 0 amide bonds. The molecule has 2 nitrogen and oxygen atoms in total. The van der Waals surface area contributed by atoms with E-state index in [1.165, 1.54) is 51.9 Å². The second-order valence-electron chi connectivity index (χ2n) is 4.62. The van der Waals surface area contributed by atoms with Crippen LogP contribution in [0.15, 0.2) is 0 Å². The van der Waals surface area contributed by atoms with Gasteiger partial charge in [-0.15, -0.1) is 0 Å². The van der Waals surface area contributed by atoms with Gasteiger partial charge in [0.1, 0.15) is 0 Å². The summed E-state index contributed by atoms with van der Waals surface area (Å²) >= 11 is 4.24. The molecule has 0 saturated carbocycles. The fraction of sp³-hybridized carbons (Fsp3) is 1.00. The average molecular weight is 230 g/mol. The maximum absolute atomic E-state index is 4.24. The monoisotopic (exact) mass is 230 g/mol. The summed E-state index contributed by atoms with van der Waals surface area (Å²) in [5.74, 6) is 1.03. The van der Waals surface area contributed by atoms with E-state index in [1.54, 1.807) is 0 Å².